The molecular formula is C10H15BO2. The average Bonchev–Trinajstić information content (AvgIpc) is 2.04. The van der Waals surface area contributed by atoms with E-state index in [-0.39, 0.29) is 5.97 Å². The fourth-order valence-electron chi connectivity index (χ4n) is 1.54. The molecule has 2 nitrogen and oxygen atoms in total. The molecule has 70 valence electrons. The van der Waals surface area contributed by atoms with Crippen LogP contribution < -0.4 is 0 Å². The predicted octanol–water partition coefficient (Wildman–Crippen LogP) is 2.03. The summed E-state index contributed by atoms with van der Waals surface area (Å²) in [5, 5.41) is 0. The Morgan fingerprint density at radius 3 is 2.62 bits per heavy atom. The van der Waals surface area contributed by atoms with Crippen molar-refractivity contribution < 1.29 is 9.53 Å². The van der Waals surface area contributed by atoms with Crippen LogP contribution in [0.5, 0.6) is 0 Å². The van der Waals surface area contributed by atoms with Crippen molar-refractivity contribution in [1.82, 2.24) is 0 Å². The minimum atomic E-state index is -0.396. The highest BCUT2D eigenvalue weighted by Gasteiger charge is 2.33. The van der Waals surface area contributed by atoms with Gasteiger partial charge in [-0.15, -0.1) is 5.98 Å². The lowest BCUT2D eigenvalue weighted by atomic mass is 9.36. The Balaban J connectivity index is 2.63. The fraction of sp³-hybridized carbons (Fsp3) is 0.500. The largest absolute Gasteiger partial charge is 0.468 e. The first-order chi connectivity index (χ1) is 6.02. The summed E-state index contributed by atoms with van der Waals surface area (Å²) in [5.41, 5.74) is -0.396. The Labute approximate surface area is 79.7 Å². The number of esters is 1. The van der Waals surface area contributed by atoms with Gasteiger partial charge >= 0.3 is 5.97 Å². The van der Waals surface area contributed by atoms with Gasteiger partial charge in [-0.1, -0.05) is 18.2 Å². The van der Waals surface area contributed by atoms with Crippen molar-refractivity contribution >= 4 is 12.7 Å². The normalized spacial score (nSPS) is 16.1. The van der Waals surface area contributed by atoms with Crippen molar-refractivity contribution in [2.24, 2.45) is 0 Å². The van der Waals surface area contributed by atoms with E-state index >= 15 is 0 Å². The molecule has 1 aliphatic rings. The standard InChI is InChI=1S/C10H15BO2/c1-9(12)13-10(2,3)11-7-5-4-6-8-11/h4-7H,8H2,1-3H3. The zero-order chi connectivity index (χ0) is 9.90. The van der Waals surface area contributed by atoms with Crippen molar-refractivity contribution in [2.75, 3.05) is 0 Å². The van der Waals surface area contributed by atoms with Crippen LogP contribution in [0.3, 0.4) is 0 Å². The number of hydrogen-bond acceptors (Lipinski definition) is 2. The molecule has 0 unspecified atom stereocenters. The van der Waals surface area contributed by atoms with E-state index in [0.717, 1.165) is 6.32 Å². The molecule has 0 saturated heterocycles. The second-order valence-corrected chi connectivity index (χ2v) is 3.85. The molecule has 0 spiro atoms. The van der Waals surface area contributed by atoms with E-state index in [1.165, 1.54) is 6.92 Å². The summed E-state index contributed by atoms with van der Waals surface area (Å²) < 4.78 is 5.25. The molecule has 0 aromatic rings. The summed E-state index contributed by atoms with van der Waals surface area (Å²) in [4.78, 5) is 10.8. The molecule has 0 saturated carbocycles. The Morgan fingerprint density at radius 2 is 2.15 bits per heavy atom. The van der Waals surface area contributed by atoms with Crippen molar-refractivity contribution in [3.63, 3.8) is 0 Å². The first-order valence-electron chi connectivity index (χ1n) is 4.55. The third kappa shape index (κ3) is 2.76. The zero-order valence-corrected chi connectivity index (χ0v) is 8.41. The number of ether oxygens (including phenoxy) is 1. The van der Waals surface area contributed by atoms with Crippen molar-refractivity contribution in [2.45, 2.75) is 32.6 Å². The Bertz CT molecular complexity index is 254. The maximum absolute atomic E-state index is 10.8. The quantitative estimate of drug-likeness (QED) is 0.477. The first kappa shape index (κ1) is 10.1. The van der Waals surface area contributed by atoms with E-state index in [2.05, 4.69) is 12.1 Å². The van der Waals surface area contributed by atoms with Gasteiger partial charge in [-0.25, -0.2) is 0 Å². The van der Waals surface area contributed by atoms with Gasteiger partial charge in [0.25, 0.3) is 0 Å². The van der Waals surface area contributed by atoms with Crippen LogP contribution in [0.1, 0.15) is 20.8 Å². The van der Waals surface area contributed by atoms with Crippen LogP contribution in [-0.4, -0.2) is 18.2 Å². The molecule has 0 aromatic heterocycles. The summed E-state index contributed by atoms with van der Waals surface area (Å²) in [5.74, 6) is 1.87. The molecule has 1 aliphatic heterocycles. The number of carbonyl (C=O) groups is 1. The highest BCUT2D eigenvalue weighted by molar-refractivity contribution is 6.68. The molecule has 1 heterocycles. The molecule has 0 aromatic carbocycles. The van der Waals surface area contributed by atoms with Crippen LogP contribution in [-0.2, 0) is 9.53 Å². The summed E-state index contributed by atoms with van der Waals surface area (Å²) in [6.07, 6.45) is 7.05. The van der Waals surface area contributed by atoms with E-state index < -0.39 is 5.50 Å². The molecule has 0 fully saturated rings. The van der Waals surface area contributed by atoms with E-state index in [9.17, 15) is 4.79 Å². The van der Waals surface area contributed by atoms with E-state index in [1.807, 2.05) is 26.0 Å². The number of rotatable bonds is 2. The van der Waals surface area contributed by atoms with Crippen LogP contribution in [0.15, 0.2) is 24.2 Å². The second kappa shape index (κ2) is 3.82. The molecule has 0 amide bonds. The molecule has 0 radical (unpaired) electrons. The molecule has 3 heteroatoms. The smallest absolute Gasteiger partial charge is 0.302 e. The van der Waals surface area contributed by atoms with Gasteiger partial charge in [0, 0.05) is 6.92 Å². The minimum Gasteiger partial charge on any atom is -0.468 e. The molecule has 13 heavy (non-hydrogen) atoms. The monoisotopic (exact) mass is 178 g/mol. The highest BCUT2D eigenvalue weighted by atomic mass is 16.5. The van der Waals surface area contributed by atoms with Crippen molar-refractivity contribution in [3.05, 3.63) is 24.2 Å². The maximum atomic E-state index is 10.8. The Kier molecular flexibility index (Phi) is 2.96. The summed E-state index contributed by atoms with van der Waals surface area (Å²) in [6.45, 7) is 5.64. The topological polar surface area (TPSA) is 26.3 Å². The fourth-order valence-corrected chi connectivity index (χ4v) is 1.54. The molecule has 0 atom stereocenters. The van der Waals surface area contributed by atoms with Crippen LogP contribution in [0.2, 0.25) is 6.32 Å². The van der Waals surface area contributed by atoms with Crippen molar-refractivity contribution in [3.8, 4) is 0 Å². The number of carbonyl (C=O) groups excluding carboxylic acids is 1. The van der Waals surface area contributed by atoms with Gasteiger partial charge in [-0.2, -0.15) is 0 Å². The van der Waals surface area contributed by atoms with Gasteiger partial charge in [0.1, 0.15) is 0 Å². The zero-order valence-electron chi connectivity index (χ0n) is 8.41. The van der Waals surface area contributed by atoms with Gasteiger partial charge in [0.2, 0.25) is 6.71 Å². The summed E-state index contributed by atoms with van der Waals surface area (Å²) >= 11 is 0. The Morgan fingerprint density at radius 1 is 1.46 bits per heavy atom. The number of allylic oxidation sites excluding steroid dienone is 3. The lowest BCUT2D eigenvalue weighted by molar-refractivity contribution is -0.147. The lowest BCUT2D eigenvalue weighted by Gasteiger charge is -2.29. The highest BCUT2D eigenvalue weighted by Crippen LogP contribution is 2.20. The van der Waals surface area contributed by atoms with Crippen molar-refractivity contribution in [1.29, 1.82) is 0 Å². The van der Waals surface area contributed by atoms with Gasteiger partial charge in [0.05, 0.1) is 5.50 Å². The average molecular weight is 178 g/mol. The SMILES string of the molecule is CC(=O)OC(C)(C)B1C=CC=CC1. The summed E-state index contributed by atoms with van der Waals surface area (Å²) in [6, 6.07) is 0. The lowest BCUT2D eigenvalue weighted by Crippen LogP contribution is -2.43. The van der Waals surface area contributed by atoms with Crippen LogP contribution >= 0.6 is 0 Å². The molecular weight excluding hydrogens is 163 g/mol. The van der Waals surface area contributed by atoms with E-state index in [4.69, 9.17) is 4.74 Å². The van der Waals surface area contributed by atoms with E-state index in [0.29, 0.717) is 6.71 Å². The van der Waals surface area contributed by atoms with Crippen LogP contribution in [0, 0.1) is 0 Å². The predicted molar refractivity (Wildman–Crippen MR) is 54.7 cm³/mol. The van der Waals surface area contributed by atoms with Gasteiger partial charge < -0.3 is 4.74 Å². The second-order valence-electron chi connectivity index (χ2n) is 3.85. The first-order valence-corrected chi connectivity index (χ1v) is 4.55. The third-order valence-corrected chi connectivity index (χ3v) is 2.28. The molecule has 0 N–H and O–H groups in total. The number of hydrogen-bond donors (Lipinski definition) is 0. The van der Waals surface area contributed by atoms with Crippen LogP contribution in [0.4, 0.5) is 0 Å². The maximum Gasteiger partial charge on any atom is 0.302 e. The van der Waals surface area contributed by atoms with Gasteiger partial charge in [0.15, 0.2) is 0 Å². The van der Waals surface area contributed by atoms with E-state index in [1.54, 1.807) is 0 Å². The third-order valence-electron chi connectivity index (χ3n) is 2.28. The van der Waals surface area contributed by atoms with Gasteiger partial charge in [-0.05, 0) is 20.2 Å². The molecule has 1 rings (SSSR count). The molecule has 0 bridgehead atoms. The Hall–Kier alpha value is -0.985. The summed E-state index contributed by atoms with van der Waals surface area (Å²) in [7, 11) is 0. The minimum absolute atomic E-state index is 0.215. The van der Waals surface area contributed by atoms with Crippen LogP contribution in [0.25, 0.3) is 0 Å². The molecule has 0 aliphatic carbocycles. The van der Waals surface area contributed by atoms with Gasteiger partial charge in [-0.3, -0.25) is 4.79 Å².